The van der Waals surface area contributed by atoms with Gasteiger partial charge in [0, 0.05) is 15.1 Å². The Hall–Kier alpha value is -0.940. The Labute approximate surface area is 149 Å². The van der Waals surface area contributed by atoms with Gasteiger partial charge < -0.3 is 0 Å². The number of ketones is 1. The molecule has 2 aromatic rings. The minimum Gasteiger partial charge on any atom is -0.293 e. The van der Waals surface area contributed by atoms with Crippen molar-refractivity contribution in [1.82, 2.24) is 0 Å². The first-order valence-electron chi connectivity index (χ1n) is 7.13. The Bertz CT molecular complexity index is 667. The quantitative estimate of drug-likeness (QED) is 0.414. The topological polar surface area (TPSA) is 17.1 Å². The van der Waals surface area contributed by atoms with Gasteiger partial charge in [-0.15, -0.1) is 0 Å². The second-order valence-electron chi connectivity index (χ2n) is 5.73. The number of halogens is 3. The molecule has 0 saturated heterocycles. The lowest BCUT2D eigenvalue weighted by atomic mass is 9.84. The zero-order valence-electron chi connectivity index (χ0n) is 12.4. The Morgan fingerprint density at radius 2 is 1.82 bits per heavy atom. The summed E-state index contributed by atoms with van der Waals surface area (Å²) in [5.74, 6) is -0.487. The molecule has 0 aromatic heterocycles. The van der Waals surface area contributed by atoms with Gasteiger partial charge in [0.1, 0.15) is 5.82 Å². The summed E-state index contributed by atoms with van der Waals surface area (Å²) < 4.78 is 14.8. The Kier molecular flexibility index (Phi) is 5.98. The van der Waals surface area contributed by atoms with Crippen LogP contribution in [0.25, 0.3) is 0 Å². The van der Waals surface area contributed by atoms with Crippen LogP contribution in [0.2, 0.25) is 5.02 Å². The predicted octanol–water partition coefficient (Wildman–Crippen LogP) is 6.10. The van der Waals surface area contributed by atoms with E-state index in [2.05, 4.69) is 36.4 Å². The van der Waals surface area contributed by atoms with Crippen LogP contribution in [0.3, 0.4) is 0 Å². The zero-order valence-corrected chi connectivity index (χ0v) is 15.4. The zero-order chi connectivity index (χ0) is 16.3. The van der Waals surface area contributed by atoms with E-state index in [1.54, 1.807) is 6.07 Å². The van der Waals surface area contributed by atoms with E-state index in [1.165, 1.54) is 12.1 Å². The van der Waals surface area contributed by atoms with Crippen LogP contribution in [0.4, 0.5) is 4.39 Å². The molecule has 0 aliphatic carbocycles. The molecule has 0 spiro atoms. The monoisotopic (exact) mass is 430 g/mol. The molecule has 2 aromatic carbocycles. The molecule has 0 fully saturated rings. The van der Waals surface area contributed by atoms with Gasteiger partial charge in [-0.2, -0.15) is 0 Å². The highest BCUT2D eigenvalue weighted by atomic mass is 127. The van der Waals surface area contributed by atoms with Gasteiger partial charge in [0.2, 0.25) is 0 Å². The van der Waals surface area contributed by atoms with Crippen molar-refractivity contribution < 1.29 is 9.18 Å². The SMILES string of the molecule is CC(C)CC(C(=O)c1ccc(I)cc1)c1ccc(Cl)c(F)c1. The minimum atomic E-state index is -0.483. The molecule has 0 aliphatic rings. The van der Waals surface area contributed by atoms with Gasteiger partial charge in [0.05, 0.1) is 5.02 Å². The Morgan fingerprint density at radius 1 is 1.18 bits per heavy atom. The molecule has 2 rings (SSSR count). The van der Waals surface area contributed by atoms with Gasteiger partial charge in [0.15, 0.2) is 5.78 Å². The maximum atomic E-state index is 13.8. The molecule has 4 heteroatoms. The van der Waals surface area contributed by atoms with Crippen LogP contribution in [-0.2, 0) is 0 Å². The van der Waals surface area contributed by atoms with E-state index in [0.717, 1.165) is 3.57 Å². The van der Waals surface area contributed by atoms with Gasteiger partial charge >= 0.3 is 0 Å². The number of carbonyl (C=O) groups is 1. The van der Waals surface area contributed by atoms with Crippen molar-refractivity contribution in [3.8, 4) is 0 Å². The van der Waals surface area contributed by atoms with Crippen molar-refractivity contribution in [3.63, 3.8) is 0 Å². The van der Waals surface area contributed by atoms with Crippen molar-refractivity contribution in [2.75, 3.05) is 0 Å². The van der Waals surface area contributed by atoms with E-state index >= 15 is 0 Å². The summed E-state index contributed by atoms with van der Waals surface area (Å²) in [5, 5.41) is 0.0776. The summed E-state index contributed by atoms with van der Waals surface area (Å²) in [5.41, 5.74) is 1.33. The number of carbonyl (C=O) groups excluding carboxylic acids is 1. The molecular weight excluding hydrogens is 414 g/mol. The van der Waals surface area contributed by atoms with E-state index in [-0.39, 0.29) is 16.7 Å². The fourth-order valence-corrected chi connectivity index (χ4v) is 2.89. The molecule has 1 nitrogen and oxygen atoms in total. The maximum Gasteiger partial charge on any atom is 0.170 e. The highest BCUT2D eigenvalue weighted by molar-refractivity contribution is 14.1. The fourth-order valence-electron chi connectivity index (χ4n) is 2.41. The van der Waals surface area contributed by atoms with Crippen LogP contribution in [0.1, 0.15) is 42.1 Å². The van der Waals surface area contributed by atoms with Crippen LogP contribution in [0, 0.1) is 15.3 Å². The van der Waals surface area contributed by atoms with Crippen LogP contribution in [0.15, 0.2) is 42.5 Å². The standard InChI is InChI=1S/C18H17ClFIO/c1-11(2)9-15(13-5-8-16(19)17(20)10-13)18(22)12-3-6-14(21)7-4-12/h3-8,10-11,15H,9H2,1-2H3. The fraction of sp³-hybridized carbons (Fsp3) is 0.278. The summed E-state index contributed by atoms with van der Waals surface area (Å²) in [6.07, 6.45) is 0.673. The molecule has 0 N–H and O–H groups in total. The second kappa shape index (κ2) is 7.55. The minimum absolute atomic E-state index is 0.0202. The third-order valence-electron chi connectivity index (χ3n) is 3.50. The summed E-state index contributed by atoms with van der Waals surface area (Å²) in [6.45, 7) is 4.11. The van der Waals surface area contributed by atoms with E-state index in [9.17, 15) is 9.18 Å². The molecule has 0 amide bonds. The van der Waals surface area contributed by atoms with E-state index in [4.69, 9.17) is 11.6 Å². The Morgan fingerprint density at radius 3 is 2.36 bits per heavy atom. The van der Waals surface area contributed by atoms with Crippen LogP contribution in [-0.4, -0.2) is 5.78 Å². The molecule has 116 valence electrons. The first-order chi connectivity index (χ1) is 10.4. The molecule has 0 bridgehead atoms. The molecule has 0 heterocycles. The smallest absolute Gasteiger partial charge is 0.170 e. The van der Waals surface area contributed by atoms with Crippen molar-refractivity contribution in [2.45, 2.75) is 26.2 Å². The van der Waals surface area contributed by atoms with Crippen molar-refractivity contribution in [1.29, 1.82) is 0 Å². The van der Waals surface area contributed by atoms with Gasteiger partial charge in [-0.25, -0.2) is 4.39 Å². The van der Waals surface area contributed by atoms with Crippen molar-refractivity contribution in [3.05, 3.63) is 68.0 Å². The lowest BCUT2D eigenvalue weighted by Gasteiger charge is -2.19. The predicted molar refractivity (Wildman–Crippen MR) is 97.1 cm³/mol. The first kappa shape index (κ1) is 17.4. The number of Topliss-reactive ketones (excluding diaryl/α,β-unsaturated/α-hetero) is 1. The van der Waals surface area contributed by atoms with Gasteiger partial charge in [-0.1, -0.05) is 43.6 Å². The summed E-state index contributed by atoms with van der Waals surface area (Å²) >= 11 is 7.95. The molecule has 0 saturated carbocycles. The van der Waals surface area contributed by atoms with Crippen molar-refractivity contribution in [2.24, 2.45) is 5.92 Å². The normalized spacial score (nSPS) is 12.5. The molecule has 1 atom stereocenters. The molecular formula is C18H17ClFIO. The largest absolute Gasteiger partial charge is 0.293 e. The third kappa shape index (κ3) is 4.29. The van der Waals surface area contributed by atoms with Crippen LogP contribution < -0.4 is 0 Å². The summed E-state index contributed by atoms with van der Waals surface area (Å²) in [6, 6.07) is 12.1. The number of rotatable bonds is 5. The summed E-state index contributed by atoms with van der Waals surface area (Å²) in [7, 11) is 0. The lowest BCUT2D eigenvalue weighted by molar-refractivity contribution is 0.0948. The second-order valence-corrected chi connectivity index (χ2v) is 7.38. The molecule has 22 heavy (non-hydrogen) atoms. The number of hydrogen-bond donors (Lipinski definition) is 0. The summed E-state index contributed by atoms with van der Waals surface area (Å²) in [4.78, 5) is 12.8. The maximum absolute atomic E-state index is 13.8. The van der Waals surface area contributed by atoms with Gasteiger partial charge in [0.25, 0.3) is 0 Å². The van der Waals surface area contributed by atoms with E-state index < -0.39 is 5.82 Å². The van der Waals surface area contributed by atoms with Gasteiger partial charge in [-0.3, -0.25) is 4.79 Å². The first-order valence-corrected chi connectivity index (χ1v) is 8.59. The lowest BCUT2D eigenvalue weighted by Crippen LogP contribution is -2.15. The van der Waals surface area contributed by atoms with Gasteiger partial charge in [-0.05, 0) is 64.8 Å². The number of benzene rings is 2. The highest BCUT2D eigenvalue weighted by Crippen LogP contribution is 2.30. The average molecular weight is 431 g/mol. The van der Waals surface area contributed by atoms with E-state index in [1.807, 2.05) is 24.3 Å². The molecule has 0 radical (unpaired) electrons. The molecule has 1 unspecified atom stereocenters. The van der Waals surface area contributed by atoms with Crippen LogP contribution >= 0.6 is 34.2 Å². The van der Waals surface area contributed by atoms with Crippen LogP contribution in [0.5, 0.6) is 0 Å². The third-order valence-corrected chi connectivity index (χ3v) is 4.52. The average Bonchev–Trinajstić information content (AvgIpc) is 2.48. The highest BCUT2D eigenvalue weighted by Gasteiger charge is 2.24. The van der Waals surface area contributed by atoms with E-state index in [0.29, 0.717) is 23.5 Å². The Balaban J connectivity index is 2.38. The number of hydrogen-bond acceptors (Lipinski definition) is 1. The van der Waals surface area contributed by atoms with Crippen molar-refractivity contribution >= 4 is 40.0 Å². The molecule has 0 aliphatic heterocycles.